The van der Waals surface area contributed by atoms with Crippen LogP contribution in [0.15, 0.2) is 30.6 Å². The second kappa shape index (κ2) is 5.74. The fourth-order valence-electron chi connectivity index (χ4n) is 3.01. The first-order valence-electron chi connectivity index (χ1n) is 7.65. The Kier molecular flexibility index (Phi) is 3.53. The molecule has 25 heavy (non-hydrogen) atoms. The van der Waals surface area contributed by atoms with Gasteiger partial charge in [-0.1, -0.05) is 17.2 Å². The third-order valence-corrected chi connectivity index (χ3v) is 4.42. The molecule has 3 heterocycles. The Morgan fingerprint density at radius 3 is 2.32 bits per heavy atom. The van der Waals surface area contributed by atoms with Gasteiger partial charge in [0.05, 0.1) is 11.1 Å². The van der Waals surface area contributed by atoms with Crippen molar-refractivity contribution in [3.8, 4) is 0 Å². The van der Waals surface area contributed by atoms with Crippen LogP contribution in [0, 0.1) is 0 Å². The van der Waals surface area contributed by atoms with Crippen LogP contribution >= 0.6 is 0 Å². The number of fused-ring (bicyclic) bond motifs is 1. The largest absolute Gasteiger partial charge is 0.381 e. The highest BCUT2D eigenvalue weighted by Gasteiger charge is 2.48. The highest BCUT2D eigenvalue weighted by Crippen LogP contribution is 2.31. The van der Waals surface area contributed by atoms with Gasteiger partial charge in [0, 0.05) is 26.1 Å². The van der Waals surface area contributed by atoms with Crippen LogP contribution in [0.5, 0.6) is 0 Å². The van der Waals surface area contributed by atoms with Gasteiger partial charge in [-0.25, -0.2) is 9.48 Å². The summed E-state index contributed by atoms with van der Waals surface area (Å²) in [5, 5.41) is 11.4. The summed E-state index contributed by atoms with van der Waals surface area (Å²) in [5.74, 6) is -2.13. The molecule has 10 nitrogen and oxygen atoms in total. The van der Waals surface area contributed by atoms with E-state index >= 15 is 0 Å². The second-order valence-corrected chi connectivity index (χ2v) is 5.73. The minimum absolute atomic E-state index is 0.198. The zero-order valence-electron chi connectivity index (χ0n) is 13.0. The monoisotopic (exact) mass is 343 g/mol. The van der Waals surface area contributed by atoms with Crippen LogP contribution in [0.4, 0.5) is 0 Å². The van der Waals surface area contributed by atoms with E-state index in [1.807, 2.05) is 0 Å². The number of hydroxylamine groups is 2. The van der Waals surface area contributed by atoms with Gasteiger partial charge in [0.1, 0.15) is 6.33 Å². The fraction of sp³-hybridized carbons (Fsp3) is 0.333. The zero-order chi connectivity index (χ0) is 17.4. The van der Waals surface area contributed by atoms with Crippen LogP contribution in [-0.2, 0) is 19.9 Å². The molecule has 0 bridgehead atoms. The van der Waals surface area contributed by atoms with Gasteiger partial charge in [-0.3, -0.25) is 9.59 Å². The Labute approximate surface area is 141 Å². The maximum absolute atomic E-state index is 12.9. The zero-order valence-corrected chi connectivity index (χ0v) is 13.0. The summed E-state index contributed by atoms with van der Waals surface area (Å²) in [4.78, 5) is 42.8. The van der Waals surface area contributed by atoms with E-state index < -0.39 is 23.3 Å². The normalized spacial score (nSPS) is 19.0. The summed E-state index contributed by atoms with van der Waals surface area (Å²) >= 11 is 0. The SMILES string of the molecule is O=C1c2ccccc2C(=O)N1OC(=O)C1(n2cnnn2)CCOCC1. The first kappa shape index (κ1) is 15.4. The maximum Gasteiger partial charge on any atom is 0.360 e. The number of carbonyl (C=O) groups is 3. The van der Waals surface area contributed by atoms with E-state index in [1.165, 1.54) is 23.1 Å². The van der Waals surface area contributed by atoms with Crippen LogP contribution in [-0.4, -0.2) is 56.3 Å². The number of imide groups is 1. The molecular formula is C15H13N5O5. The van der Waals surface area contributed by atoms with Crippen molar-refractivity contribution in [1.82, 2.24) is 25.3 Å². The molecular weight excluding hydrogens is 330 g/mol. The number of ether oxygens (including phenoxy) is 1. The molecule has 2 amide bonds. The van der Waals surface area contributed by atoms with Gasteiger partial charge in [0.25, 0.3) is 11.8 Å². The van der Waals surface area contributed by atoms with E-state index in [-0.39, 0.29) is 24.0 Å². The van der Waals surface area contributed by atoms with Crippen molar-refractivity contribution in [3.05, 3.63) is 41.7 Å². The Hall–Kier alpha value is -3.14. The number of amides is 2. The molecule has 0 saturated carbocycles. The third kappa shape index (κ3) is 2.30. The molecule has 0 N–H and O–H groups in total. The smallest absolute Gasteiger partial charge is 0.360 e. The number of nitrogens with zero attached hydrogens (tertiary/aromatic N) is 5. The number of rotatable bonds is 3. The standard InChI is InChI=1S/C15H13N5O5/c21-12-10-3-1-2-4-11(10)13(22)20(12)25-14(23)15(5-7-24-8-6-15)19-9-16-17-18-19/h1-4,9H,5-8H2. The van der Waals surface area contributed by atoms with Crippen molar-refractivity contribution in [2.24, 2.45) is 0 Å². The quantitative estimate of drug-likeness (QED) is 0.711. The lowest BCUT2D eigenvalue weighted by atomic mass is 9.90. The molecule has 1 aromatic carbocycles. The predicted molar refractivity (Wildman–Crippen MR) is 78.9 cm³/mol. The van der Waals surface area contributed by atoms with E-state index in [4.69, 9.17) is 9.57 Å². The Bertz CT molecular complexity index is 809. The molecule has 128 valence electrons. The minimum atomic E-state index is -1.23. The first-order chi connectivity index (χ1) is 12.1. The Balaban J connectivity index is 1.63. The van der Waals surface area contributed by atoms with Crippen molar-refractivity contribution < 1.29 is 24.0 Å². The van der Waals surface area contributed by atoms with Crippen molar-refractivity contribution in [2.75, 3.05) is 13.2 Å². The predicted octanol–water partition coefficient (Wildman–Crippen LogP) is -0.0668. The van der Waals surface area contributed by atoms with Crippen LogP contribution in [0.2, 0.25) is 0 Å². The summed E-state index contributed by atoms with van der Waals surface area (Å²) < 4.78 is 6.59. The molecule has 1 fully saturated rings. The van der Waals surface area contributed by atoms with Gasteiger partial charge in [-0.05, 0) is 22.6 Å². The third-order valence-electron chi connectivity index (χ3n) is 4.42. The van der Waals surface area contributed by atoms with Gasteiger partial charge >= 0.3 is 5.97 Å². The van der Waals surface area contributed by atoms with E-state index in [0.717, 1.165) is 0 Å². The number of hydrogen-bond acceptors (Lipinski definition) is 8. The van der Waals surface area contributed by atoms with Gasteiger partial charge in [-0.15, -0.1) is 5.10 Å². The number of hydrogen-bond donors (Lipinski definition) is 0. The maximum atomic E-state index is 12.9. The number of carbonyl (C=O) groups excluding carboxylic acids is 3. The van der Waals surface area contributed by atoms with Gasteiger partial charge in [0.2, 0.25) is 0 Å². The summed E-state index contributed by atoms with van der Waals surface area (Å²) in [6.07, 6.45) is 1.83. The van der Waals surface area contributed by atoms with Gasteiger partial charge in [-0.2, -0.15) is 0 Å². The van der Waals surface area contributed by atoms with Crippen LogP contribution < -0.4 is 0 Å². The van der Waals surface area contributed by atoms with Crippen molar-refractivity contribution in [3.63, 3.8) is 0 Å². The molecule has 0 unspecified atom stereocenters. The van der Waals surface area contributed by atoms with Crippen LogP contribution in [0.25, 0.3) is 0 Å². The number of tetrazole rings is 1. The van der Waals surface area contributed by atoms with E-state index in [2.05, 4.69) is 15.5 Å². The molecule has 4 rings (SSSR count). The summed E-state index contributed by atoms with van der Waals surface area (Å²) in [5.41, 5.74) is -0.829. The van der Waals surface area contributed by atoms with E-state index in [1.54, 1.807) is 12.1 Å². The highest BCUT2D eigenvalue weighted by atomic mass is 16.7. The Morgan fingerprint density at radius 2 is 1.76 bits per heavy atom. The lowest BCUT2D eigenvalue weighted by Gasteiger charge is -2.34. The molecule has 0 aliphatic carbocycles. The number of benzene rings is 1. The summed E-state index contributed by atoms with van der Waals surface area (Å²) in [6, 6.07) is 6.29. The molecule has 0 radical (unpaired) electrons. The van der Waals surface area contributed by atoms with Crippen LogP contribution in [0.1, 0.15) is 33.6 Å². The molecule has 2 aromatic rings. The summed E-state index contributed by atoms with van der Waals surface area (Å²) in [6.45, 7) is 0.605. The fourth-order valence-corrected chi connectivity index (χ4v) is 3.01. The Morgan fingerprint density at radius 1 is 1.12 bits per heavy atom. The molecule has 10 heteroatoms. The molecule has 1 aromatic heterocycles. The van der Waals surface area contributed by atoms with Gasteiger partial charge < -0.3 is 9.57 Å². The molecule has 2 aliphatic rings. The molecule has 2 aliphatic heterocycles. The summed E-state index contributed by atoms with van der Waals surface area (Å²) in [7, 11) is 0. The lowest BCUT2D eigenvalue weighted by Crippen LogP contribution is -2.50. The van der Waals surface area contributed by atoms with Crippen LogP contribution in [0.3, 0.4) is 0 Å². The van der Waals surface area contributed by atoms with Crippen molar-refractivity contribution >= 4 is 17.8 Å². The van der Waals surface area contributed by atoms with Crippen molar-refractivity contribution in [2.45, 2.75) is 18.4 Å². The lowest BCUT2D eigenvalue weighted by molar-refractivity contribution is -0.185. The second-order valence-electron chi connectivity index (χ2n) is 5.73. The average molecular weight is 343 g/mol. The van der Waals surface area contributed by atoms with Gasteiger partial charge in [0.15, 0.2) is 5.54 Å². The highest BCUT2D eigenvalue weighted by molar-refractivity contribution is 6.20. The van der Waals surface area contributed by atoms with E-state index in [9.17, 15) is 14.4 Å². The minimum Gasteiger partial charge on any atom is -0.381 e. The van der Waals surface area contributed by atoms with Crippen molar-refractivity contribution in [1.29, 1.82) is 0 Å². The molecule has 1 saturated heterocycles. The van der Waals surface area contributed by atoms with E-state index in [0.29, 0.717) is 18.3 Å². The average Bonchev–Trinajstić information content (AvgIpc) is 3.27. The molecule has 0 atom stereocenters. The topological polar surface area (TPSA) is 117 Å². The molecule has 0 spiro atoms. The number of aromatic nitrogens is 4. The first-order valence-corrected chi connectivity index (χ1v) is 7.65.